The van der Waals surface area contributed by atoms with Crippen LogP contribution in [-0.4, -0.2) is 59.4 Å². The quantitative estimate of drug-likeness (QED) is 0.919. The molecule has 1 aliphatic heterocycles. The lowest BCUT2D eigenvalue weighted by Gasteiger charge is -2.32. The minimum atomic E-state index is -1.09. The molecule has 2 amide bonds. The fourth-order valence-electron chi connectivity index (χ4n) is 2.90. The summed E-state index contributed by atoms with van der Waals surface area (Å²) in [6.45, 7) is 2.87. The van der Waals surface area contributed by atoms with Gasteiger partial charge in [-0.2, -0.15) is 0 Å². The van der Waals surface area contributed by atoms with Crippen LogP contribution in [0.5, 0.6) is 0 Å². The van der Waals surface area contributed by atoms with E-state index in [1.165, 1.54) is 11.0 Å². The topological polar surface area (TPSA) is 77.9 Å². The van der Waals surface area contributed by atoms with E-state index in [2.05, 4.69) is 0 Å². The second-order valence-electron chi connectivity index (χ2n) is 6.51. The zero-order chi connectivity index (χ0) is 18.8. The molecule has 3 rings (SSSR count). The van der Waals surface area contributed by atoms with Crippen LogP contribution < -0.4 is 0 Å². The van der Waals surface area contributed by atoms with Crippen molar-refractivity contribution in [3.8, 4) is 11.1 Å². The van der Waals surface area contributed by atoms with Gasteiger partial charge in [-0.1, -0.05) is 29.8 Å². The molecule has 1 N–H and O–H groups in total. The molecule has 0 aromatic heterocycles. The molecule has 0 spiro atoms. The molecule has 0 unspecified atom stereocenters. The van der Waals surface area contributed by atoms with E-state index in [1.807, 2.05) is 31.2 Å². The third-order valence-corrected chi connectivity index (χ3v) is 4.56. The summed E-state index contributed by atoms with van der Waals surface area (Å²) in [5.74, 6) is -1.55. The predicted molar refractivity (Wildman–Crippen MR) is 97.1 cm³/mol. The van der Waals surface area contributed by atoms with Crippen molar-refractivity contribution in [3.05, 3.63) is 59.2 Å². The van der Waals surface area contributed by atoms with Gasteiger partial charge in [0.2, 0.25) is 5.91 Å². The van der Waals surface area contributed by atoms with Gasteiger partial charge >= 0.3 is 5.97 Å². The van der Waals surface area contributed by atoms with E-state index >= 15 is 0 Å². The summed E-state index contributed by atoms with van der Waals surface area (Å²) in [5.41, 5.74) is 2.91. The van der Waals surface area contributed by atoms with Crippen LogP contribution >= 0.6 is 0 Å². The Morgan fingerprint density at radius 3 is 2.23 bits per heavy atom. The maximum absolute atomic E-state index is 12.8. The molecule has 134 valence electrons. The van der Waals surface area contributed by atoms with Crippen molar-refractivity contribution in [3.63, 3.8) is 0 Å². The summed E-state index contributed by atoms with van der Waals surface area (Å²) in [6, 6.07) is 12.3. The van der Waals surface area contributed by atoms with Crippen molar-refractivity contribution < 1.29 is 19.5 Å². The van der Waals surface area contributed by atoms with Crippen molar-refractivity contribution in [1.82, 2.24) is 9.80 Å². The van der Waals surface area contributed by atoms with Crippen molar-refractivity contribution in [2.24, 2.45) is 0 Å². The van der Waals surface area contributed by atoms with Crippen LogP contribution in [0.2, 0.25) is 0 Å². The van der Waals surface area contributed by atoms with Crippen molar-refractivity contribution in [1.29, 1.82) is 0 Å². The number of nitrogens with zero attached hydrogens (tertiary/aromatic N) is 2. The molecule has 6 heteroatoms. The Hall–Kier alpha value is -3.15. The molecule has 2 aromatic rings. The summed E-state index contributed by atoms with van der Waals surface area (Å²) in [4.78, 5) is 39.2. The number of hydrogen-bond acceptors (Lipinski definition) is 3. The maximum atomic E-state index is 12.8. The molecule has 6 nitrogen and oxygen atoms in total. The monoisotopic (exact) mass is 352 g/mol. The number of piperazine rings is 1. The van der Waals surface area contributed by atoms with E-state index in [0.717, 1.165) is 11.1 Å². The SMILES string of the molecule is Cc1ccc(-c2cc(C(=O)O)cc(C(=O)N3CCN(C)C(=O)C3)c2)cc1. The summed E-state index contributed by atoms with van der Waals surface area (Å²) < 4.78 is 0. The number of amides is 2. The normalized spacial score (nSPS) is 14.5. The standard InChI is InChI=1S/C20H20N2O4/c1-13-3-5-14(6-4-13)15-9-16(11-17(10-15)20(25)26)19(24)22-8-7-21(2)18(23)12-22/h3-6,9-11H,7-8,12H2,1-2H3,(H,25,26). The third kappa shape index (κ3) is 3.59. The third-order valence-electron chi connectivity index (χ3n) is 4.56. The first-order valence-corrected chi connectivity index (χ1v) is 8.34. The molecular formula is C20H20N2O4. The number of benzene rings is 2. The average Bonchev–Trinajstić information content (AvgIpc) is 2.63. The number of rotatable bonds is 3. The molecule has 0 aliphatic carbocycles. The average molecular weight is 352 g/mol. The highest BCUT2D eigenvalue weighted by molar-refractivity contribution is 6.01. The van der Waals surface area contributed by atoms with Crippen LogP contribution in [0.3, 0.4) is 0 Å². The Morgan fingerprint density at radius 1 is 0.962 bits per heavy atom. The molecule has 26 heavy (non-hydrogen) atoms. The highest BCUT2D eigenvalue weighted by Crippen LogP contribution is 2.24. The van der Waals surface area contributed by atoms with E-state index in [1.54, 1.807) is 24.1 Å². The molecule has 0 saturated carbocycles. The largest absolute Gasteiger partial charge is 0.478 e. The number of carboxylic acid groups (broad SMARTS) is 1. The smallest absolute Gasteiger partial charge is 0.335 e. The summed E-state index contributed by atoms with van der Waals surface area (Å²) >= 11 is 0. The van der Waals surface area contributed by atoms with E-state index in [9.17, 15) is 19.5 Å². The van der Waals surface area contributed by atoms with E-state index in [0.29, 0.717) is 18.7 Å². The molecule has 0 bridgehead atoms. The van der Waals surface area contributed by atoms with Crippen LogP contribution in [0.1, 0.15) is 26.3 Å². The van der Waals surface area contributed by atoms with Gasteiger partial charge in [-0.15, -0.1) is 0 Å². The van der Waals surface area contributed by atoms with Crippen LogP contribution in [0, 0.1) is 6.92 Å². The van der Waals surface area contributed by atoms with Gasteiger partial charge in [-0.25, -0.2) is 4.79 Å². The molecule has 2 aromatic carbocycles. The fourth-order valence-corrected chi connectivity index (χ4v) is 2.90. The molecule has 1 aliphatic rings. The van der Waals surface area contributed by atoms with Crippen molar-refractivity contribution >= 4 is 17.8 Å². The first kappa shape index (κ1) is 17.7. The lowest BCUT2D eigenvalue weighted by Crippen LogP contribution is -2.50. The van der Waals surface area contributed by atoms with Gasteiger partial charge in [-0.05, 0) is 36.2 Å². The van der Waals surface area contributed by atoms with Gasteiger partial charge in [0, 0.05) is 25.7 Å². The fraction of sp³-hybridized carbons (Fsp3) is 0.250. The lowest BCUT2D eigenvalue weighted by atomic mass is 9.98. The van der Waals surface area contributed by atoms with Gasteiger partial charge < -0.3 is 14.9 Å². The van der Waals surface area contributed by atoms with Gasteiger partial charge in [0.05, 0.1) is 5.56 Å². The highest BCUT2D eigenvalue weighted by Gasteiger charge is 2.26. The number of carboxylic acids is 1. The molecular weight excluding hydrogens is 332 g/mol. The van der Waals surface area contributed by atoms with Crippen LogP contribution in [0.25, 0.3) is 11.1 Å². The van der Waals surface area contributed by atoms with Gasteiger partial charge in [0.1, 0.15) is 6.54 Å². The number of aromatic carboxylic acids is 1. The Morgan fingerprint density at radius 2 is 1.62 bits per heavy atom. The second kappa shape index (κ2) is 7.00. The Labute approximate surface area is 151 Å². The minimum Gasteiger partial charge on any atom is -0.478 e. The number of carbonyl (C=O) groups excluding carboxylic acids is 2. The van der Waals surface area contributed by atoms with Gasteiger partial charge in [-0.3, -0.25) is 9.59 Å². The Bertz CT molecular complexity index is 874. The first-order valence-electron chi connectivity index (χ1n) is 8.34. The molecule has 1 fully saturated rings. The second-order valence-corrected chi connectivity index (χ2v) is 6.51. The van der Waals surface area contributed by atoms with Crippen molar-refractivity contribution in [2.75, 3.05) is 26.7 Å². The zero-order valence-corrected chi connectivity index (χ0v) is 14.7. The zero-order valence-electron chi connectivity index (χ0n) is 14.7. The predicted octanol–water partition coefficient (Wildman–Crippen LogP) is 2.27. The maximum Gasteiger partial charge on any atom is 0.335 e. The van der Waals surface area contributed by atoms with Crippen LogP contribution in [-0.2, 0) is 4.79 Å². The molecule has 0 atom stereocenters. The lowest BCUT2D eigenvalue weighted by molar-refractivity contribution is -0.133. The molecule has 1 saturated heterocycles. The first-order chi connectivity index (χ1) is 12.3. The molecule has 0 radical (unpaired) electrons. The number of aryl methyl sites for hydroxylation is 1. The van der Waals surface area contributed by atoms with E-state index in [-0.39, 0.29) is 29.5 Å². The van der Waals surface area contributed by atoms with Gasteiger partial charge in [0.15, 0.2) is 0 Å². The van der Waals surface area contributed by atoms with Gasteiger partial charge in [0.25, 0.3) is 5.91 Å². The molecule has 1 heterocycles. The summed E-state index contributed by atoms with van der Waals surface area (Å²) in [6.07, 6.45) is 0. The van der Waals surface area contributed by atoms with Crippen LogP contribution in [0.4, 0.5) is 0 Å². The van der Waals surface area contributed by atoms with E-state index < -0.39 is 5.97 Å². The van der Waals surface area contributed by atoms with E-state index in [4.69, 9.17) is 0 Å². The number of likely N-dealkylation sites (N-methyl/N-ethyl adjacent to an activating group) is 1. The van der Waals surface area contributed by atoms with Crippen LogP contribution in [0.15, 0.2) is 42.5 Å². The summed E-state index contributed by atoms with van der Waals surface area (Å²) in [7, 11) is 1.70. The minimum absolute atomic E-state index is 0.00645. The Kier molecular flexibility index (Phi) is 4.75. The van der Waals surface area contributed by atoms with Crippen molar-refractivity contribution in [2.45, 2.75) is 6.92 Å². The number of carbonyl (C=O) groups is 3. The highest BCUT2D eigenvalue weighted by atomic mass is 16.4. The summed E-state index contributed by atoms with van der Waals surface area (Å²) in [5, 5.41) is 9.41. The number of hydrogen-bond donors (Lipinski definition) is 1. The Balaban J connectivity index is 1.98.